The van der Waals surface area contributed by atoms with E-state index in [-0.39, 0.29) is 18.3 Å². The number of aromatic amines is 1. The van der Waals surface area contributed by atoms with Crippen molar-refractivity contribution in [1.82, 2.24) is 9.97 Å². The van der Waals surface area contributed by atoms with Crippen LogP contribution in [0.25, 0.3) is 11.0 Å². The Labute approximate surface area is 194 Å². The van der Waals surface area contributed by atoms with E-state index in [0.29, 0.717) is 39.8 Å². The van der Waals surface area contributed by atoms with Crippen molar-refractivity contribution in [3.8, 4) is 12.3 Å². The van der Waals surface area contributed by atoms with E-state index >= 15 is 0 Å². The monoisotopic (exact) mass is 454 g/mol. The van der Waals surface area contributed by atoms with Crippen LogP contribution in [-0.2, 0) is 10.5 Å². The topological polar surface area (TPSA) is 98.3 Å². The SMILES string of the molecule is C#CCCC(=O)Nc1nc2ccc(C3(O)c4ccccc4C(=O)N3c3ccc(F)cc3)cc2[nH]1. The zero-order chi connectivity index (χ0) is 23.9. The Bertz CT molecular complexity index is 1470. The van der Waals surface area contributed by atoms with E-state index in [1.165, 1.54) is 29.2 Å². The molecule has 0 aliphatic carbocycles. The predicted molar refractivity (Wildman–Crippen MR) is 125 cm³/mol. The molecule has 1 aromatic heterocycles. The Balaban J connectivity index is 1.60. The molecule has 168 valence electrons. The highest BCUT2D eigenvalue weighted by molar-refractivity contribution is 6.12. The Morgan fingerprint density at radius 2 is 1.94 bits per heavy atom. The van der Waals surface area contributed by atoms with Gasteiger partial charge in [0, 0.05) is 35.2 Å². The van der Waals surface area contributed by atoms with Gasteiger partial charge in [-0.05, 0) is 42.5 Å². The summed E-state index contributed by atoms with van der Waals surface area (Å²) in [6, 6.07) is 17.2. The maximum absolute atomic E-state index is 13.6. The predicted octanol–water partition coefficient (Wildman–Crippen LogP) is 3.91. The first-order chi connectivity index (χ1) is 16.4. The molecule has 1 aliphatic heterocycles. The molecule has 2 heterocycles. The fourth-order valence-corrected chi connectivity index (χ4v) is 4.21. The van der Waals surface area contributed by atoms with Gasteiger partial charge in [0.1, 0.15) is 5.82 Å². The molecule has 0 fully saturated rings. The molecule has 0 spiro atoms. The van der Waals surface area contributed by atoms with Crippen LogP contribution in [0.1, 0.15) is 34.3 Å². The van der Waals surface area contributed by atoms with Gasteiger partial charge in [0.15, 0.2) is 5.72 Å². The molecule has 0 saturated heterocycles. The number of amides is 2. The van der Waals surface area contributed by atoms with Gasteiger partial charge in [0.25, 0.3) is 5.91 Å². The summed E-state index contributed by atoms with van der Waals surface area (Å²) in [7, 11) is 0. The lowest BCUT2D eigenvalue weighted by Crippen LogP contribution is -2.45. The summed E-state index contributed by atoms with van der Waals surface area (Å²) >= 11 is 0. The van der Waals surface area contributed by atoms with Gasteiger partial charge in [0.2, 0.25) is 11.9 Å². The number of carbonyl (C=O) groups excluding carboxylic acids is 2. The molecule has 3 aromatic carbocycles. The molecular weight excluding hydrogens is 435 g/mol. The highest BCUT2D eigenvalue weighted by Crippen LogP contribution is 2.45. The average molecular weight is 454 g/mol. The number of fused-ring (bicyclic) bond motifs is 2. The number of imidazole rings is 1. The van der Waals surface area contributed by atoms with Crippen LogP contribution < -0.4 is 10.2 Å². The van der Waals surface area contributed by atoms with E-state index < -0.39 is 17.4 Å². The third kappa shape index (κ3) is 3.39. The Morgan fingerprint density at radius 3 is 2.71 bits per heavy atom. The molecule has 1 atom stereocenters. The minimum absolute atomic E-state index is 0.171. The lowest BCUT2D eigenvalue weighted by atomic mass is 9.93. The van der Waals surface area contributed by atoms with Gasteiger partial charge in [-0.2, -0.15) is 0 Å². The number of nitrogens with one attached hydrogen (secondary N) is 2. The van der Waals surface area contributed by atoms with Gasteiger partial charge in [-0.1, -0.05) is 24.3 Å². The summed E-state index contributed by atoms with van der Waals surface area (Å²) in [6.07, 6.45) is 5.69. The number of rotatable bonds is 5. The standard InChI is InChI=1S/C26H19FN4O3/c1-2-3-8-23(32)30-25-28-21-14-9-16(15-22(21)29-25)26(34)20-7-5-4-6-19(20)24(33)31(26)18-12-10-17(27)11-13-18/h1,4-7,9-15,34H,3,8H2,(H2,28,29,30,32). The zero-order valence-corrected chi connectivity index (χ0v) is 17.9. The van der Waals surface area contributed by atoms with Crippen LogP contribution in [0.3, 0.4) is 0 Å². The second-order valence-electron chi connectivity index (χ2n) is 7.90. The first-order valence-electron chi connectivity index (χ1n) is 10.6. The first kappa shape index (κ1) is 21.4. The second kappa shape index (κ2) is 8.14. The number of anilines is 2. The fourth-order valence-electron chi connectivity index (χ4n) is 4.21. The van der Waals surface area contributed by atoms with Crippen molar-refractivity contribution >= 4 is 34.5 Å². The third-order valence-corrected chi connectivity index (χ3v) is 5.78. The van der Waals surface area contributed by atoms with Crippen molar-refractivity contribution in [2.24, 2.45) is 0 Å². The molecule has 3 N–H and O–H groups in total. The van der Waals surface area contributed by atoms with Crippen molar-refractivity contribution in [2.75, 3.05) is 10.2 Å². The summed E-state index contributed by atoms with van der Waals surface area (Å²) in [5, 5.41) is 14.7. The van der Waals surface area contributed by atoms with Crippen LogP contribution in [0.2, 0.25) is 0 Å². The van der Waals surface area contributed by atoms with Gasteiger partial charge >= 0.3 is 0 Å². The van der Waals surface area contributed by atoms with E-state index in [1.807, 2.05) is 0 Å². The lowest BCUT2D eigenvalue weighted by molar-refractivity contribution is -0.116. The zero-order valence-electron chi connectivity index (χ0n) is 17.9. The highest BCUT2D eigenvalue weighted by atomic mass is 19.1. The van der Waals surface area contributed by atoms with E-state index in [1.54, 1.807) is 42.5 Å². The smallest absolute Gasteiger partial charge is 0.261 e. The molecule has 0 radical (unpaired) electrons. The van der Waals surface area contributed by atoms with E-state index in [2.05, 4.69) is 21.2 Å². The third-order valence-electron chi connectivity index (χ3n) is 5.78. The van der Waals surface area contributed by atoms with Crippen molar-refractivity contribution in [2.45, 2.75) is 18.6 Å². The normalized spacial score (nSPS) is 17.0. The number of carbonyl (C=O) groups is 2. The molecule has 0 bridgehead atoms. The van der Waals surface area contributed by atoms with E-state index in [4.69, 9.17) is 6.42 Å². The molecule has 0 saturated carbocycles. The molecular formula is C26H19FN4O3. The molecule has 7 nitrogen and oxygen atoms in total. The number of H-pyrrole nitrogens is 1. The molecule has 1 unspecified atom stereocenters. The molecule has 2 amide bonds. The summed E-state index contributed by atoms with van der Waals surface area (Å²) in [6.45, 7) is 0. The maximum Gasteiger partial charge on any atom is 0.261 e. The number of aliphatic hydroxyl groups is 1. The molecule has 34 heavy (non-hydrogen) atoms. The van der Waals surface area contributed by atoms with Crippen LogP contribution in [0.15, 0.2) is 66.7 Å². The van der Waals surface area contributed by atoms with Gasteiger partial charge < -0.3 is 10.1 Å². The Morgan fingerprint density at radius 1 is 1.18 bits per heavy atom. The molecule has 4 aromatic rings. The molecule has 5 rings (SSSR count). The van der Waals surface area contributed by atoms with Crippen LogP contribution in [0.4, 0.5) is 16.0 Å². The molecule has 1 aliphatic rings. The summed E-state index contributed by atoms with van der Waals surface area (Å²) in [4.78, 5) is 34.0. The van der Waals surface area contributed by atoms with Crippen molar-refractivity contribution in [3.05, 3.63) is 89.2 Å². The van der Waals surface area contributed by atoms with Gasteiger partial charge in [-0.3, -0.25) is 19.8 Å². The molecule has 8 heteroatoms. The number of hydrogen-bond acceptors (Lipinski definition) is 4. The second-order valence-corrected chi connectivity index (χ2v) is 7.90. The van der Waals surface area contributed by atoms with Crippen LogP contribution >= 0.6 is 0 Å². The largest absolute Gasteiger partial charge is 0.363 e. The average Bonchev–Trinajstić information content (AvgIpc) is 3.34. The van der Waals surface area contributed by atoms with Crippen molar-refractivity contribution in [3.63, 3.8) is 0 Å². The summed E-state index contributed by atoms with van der Waals surface area (Å²) < 4.78 is 13.6. The minimum Gasteiger partial charge on any atom is -0.363 e. The summed E-state index contributed by atoms with van der Waals surface area (Å²) in [5.41, 5.74) is 0.764. The number of hydrogen-bond donors (Lipinski definition) is 3. The minimum atomic E-state index is -1.85. The number of aromatic nitrogens is 2. The quantitative estimate of drug-likeness (QED) is 0.398. The van der Waals surface area contributed by atoms with Gasteiger partial charge in [-0.15, -0.1) is 12.3 Å². The van der Waals surface area contributed by atoms with Gasteiger partial charge in [0.05, 0.1) is 11.0 Å². The van der Waals surface area contributed by atoms with Crippen molar-refractivity contribution < 1.29 is 19.1 Å². The Hall–Kier alpha value is -4.48. The van der Waals surface area contributed by atoms with E-state index in [9.17, 15) is 19.1 Å². The van der Waals surface area contributed by atoms with Crippen LogP contribution in [-0.4, -0.2) is 26.9 Å². The maximum atomic E-state index is 13.6. The first-order valence-corrected chi connectivity index (χ1v) is 10.6. The highest BCUT2D eigenvalue weighted by Gasteiger charge is 2.50. The number of terminal acetylenes is 1. The Kier molecular flexibility index (Phi) is 5.11. The lowest BCUT2D eigenvalue weighted by Gasteiger charge is -2.34. The number of halogens is 1. The van der Waals surface area contributed by atoms with Crippen LogP contribution in [0.5, 0.6) is 0 Å². The number of benzene rings is 3. The fraction of sp³-hybridized carbons (Fsp3) is 0.115. The summed E-state index contributed by atoms with van der Waals surface area (Å²) in [5.74, 6) is 1.54. The van der Waals surface area contributed by atoms with Gasteiger partial charge in [-0.25, -0.2) is 9.37 Å². The van der Waals surface area contributed by atoms with Crippen LogP contribution in [0, 0.1) is 18.2 Å². The van der Waals surface area contributed by atoms with E-state index in [0.717, 1.165) is 0 Å². The van der Waals surface area contributed by atoms with Crippen molar-refractivity contribution in [1.29, 1.82) is 0 Å². The number of nitrogens with zero attached hydrogens (tertiary/aromatic N) is 2.